The first kappa shape index (κ1) is 11.7. The smallest absolute Gasteiger partial charge is 0.173 e. The second-order valence-corrected chi connectivity index (χ2v) is 5.86. The molecule has 0 aliphatic carbocycles. The van der Waals surface area contributed by atoms with Gasteiger partial charge in [0.05, 0.1) is 0 Å². The monoisotopic (exact) mass is 254 g/mol. The molecular formula is C15H15BOS. The molecule has 0 saturated carbocycles. The fourth-order valence-electron chi connectivity index (χ4n) is 2.68. The highest BCUT2D eigenvalue weighted by molar-refractivity contribution is 7.08. The Hall–Kier alpha value is -1.35. The van der Waals surface area contributed by atoms with Crippen LogP contribution in [0.3, 0.4) is 0 Å². The standard InChI is InChI=1S/C15H15BOS/c1-16-6-4-12-3-2-11(8-14(12)16)9-15(17)13-5-7-18-10-13/h2-3,5,7-8,10H,4,6,9H2,1H3. The predicted octanol–water partition coefficient (Wildman–Crippen LogP) is 3.06. The highest BCUT2D eigenvalue weighted by atomic mass is 32.1. The molecule has 1 aromatic carbocycles. The molecule has 0 radical (unpaired) electrons. The molecule has 3 rings (SSSR count). The lowest BCUT2D eigenvalue weighted by Gasteiger charge is -2.06. The van der Waals surface area contributed by atoms with E-state index in [0.29, 0.717) is 13.1 Å². The lowest BCUT2D eigenvalue weighted by atomic mass is 9.48. The zero-order valence-electron chi connectivity index (χ0n) is 10.5. The highest BCUT2D eigenvalue weighted by Gasteiger charge is 2.21. The molecule has 1 aromatic heterocycles. The van der Waals surface area contributed by atoms with Gasteiger partial charge in [0.2, 0.25) is 0 Å². The first-order valence-corrected chi connectivity index (χ1v) is 7.35. The Bertz CT molecular complexity index is 574. The number of carbonyl (C=O) groups is 1. The zero-order chi connectivity index (χ0) is 12.5. The summed E-state index contributed by atoms with van der Waals surface area (Å²) in [5.41, 5.74) is 4.91. The Morgan fingerprint density at radius 2 is 2.28 bits per heavy atom. The van der Waals surface area contributed by atoms with Gasteiger partial charge in [-0.25, -0.2) is 0 Å². The molecule has 0 amide bonds. The normalized spacial score (nSPS) is 13.7. The molecule has 2 aromatic rings. The van der Waals surface area contributed by atoms with E-state index in [1.54, 1.807) is 11.3 Å². The van der Waals surface area contributed by atoms with Gasteiger partial charge in [-0.1, -0.05) is 42.4 Å². The summed E-state index contributed by atoms with van der Waals surface area (Å²) >= 11 is 1.58. The maximum atomic E-state index is 12.1. The van der Waals surface area contributed by atoms with Crippen molar-refractivity contribution >= 4 is 29.3 Å². The van der Waals surface area contributed by atoms with Gasteiger partial charge < -0.3 is 0 Å². The van der Waals surface area contributed by atoms with E-state index in [2.05, 4.69) is 25.0 Å². The van der Waals surface area contributed by atoms with E-state index < -0.39 is 0 Å². The van der Waals surface area contributed by atoms with Crippen molar-refractivity contribution in [1.82, 2.24) is 0 Å². The van der Waals surface area contributed by atoms with Crippen molar-refractivity contribution in [1.29, 1.82) is 0 Å². The third-order valence-electron chi connectivity index (χ3n) is 3.80. The van der Waals surface area contributed by atoms with Crippen molar-refractivity contribution in [3.05, 3.63) is 51.7 Å². The molecule has 0 atom stereocenters. The molecule has 2 heterocycles. The minimum absolute atomic E-state index is 0.224. The summed E-state index contributed by atoms with van der Waals surface area (Å²) in [6.45, 7) is 2.92. The molecule has 0 bridgehead atoms. The number of benzene rings is 1. The van der Waals surface area contributed by atoms with E-state index in [4.69, 9.17) is 0 Å². The minimum atomic E-state index is 0.224. The van der Waals surface area contributed by atoms with Gasteiger partial charge in [-0.05, 0) is 23.4 Å². The fourth-order valence-corrected chi connectivity index (χ4v) is 3.34. The van der Waals surface area contributed by atoms with Crippen molar-refractivity contribution in [2.24, 2.45) is 0 Å². The number of carbonyl (C=O) groups excluding carboxylic acids is 1. The molecule has 90 valence electrons. The zero-order valence-corrected chi connectivity index (χ0v) is 11.3. The first-order valence-electron chi connectivity index (χ1n) is 6.41. The van der Waals surface area contributed by atoms with Crippen LogP contribution in [-0.4, -0.2) is 12.5 Å². The van der Waals surface area contributed by atoms with Crippen molar-refractivity contribution in [3.8, 4) is 0 Å². The second kappa shape index (κ2) is 4.73. The van der Waals surface area contributed by atoms with Crippen molar-refractivity contribution in [3.63, 3.8) is 0 Å². The molecule has 0 spiro atoms. The fraction of sp³-hybridized carbons (Fsp3) is 0.267. The van der Waals surface area contributed by atoms with Gasteiger partial charge in [0.1, 0.15) is 0 Å². The maximum Gasteiger partial charge on any atom is 0.173 e. The Labute approximate surface area is 112 Å². The van der Waals surface area contributed by atoms with E-state index >= 15 is 0 Å². The van der Waals surface area contributed by atoms with Gasteiger partial charge in [-0.2, -0.15) is 11.3 Å². The number of ketones is 1. The van der Waals surface area contributed by atoms with Gasteiger partial charge in [0, 0.05) is 17.4 Å². The van der Waals surface area contributed by atoms with Gasteiger partial charge in [0.25, 0.3) is 0 Å². The SMILES string of the molecule is CB1CCc2ccc(CC(=O)c3ccsc3)cc21. The molecule has 0 N–H and O–H groups in total. The minimum Gasteiger partial charge on any atom is -0.294 e. The van der Waals surface area contributed by atoms with Gasteiger partial charge >= 0.3 is 0 Å². The van der Waals surface area contributed by atoms with E-state index in [-0.39, 0.29) is 5.78 Å². The van der Waals surface area contributed by atoms with Crippen LogP contribution in [0.1, 0.15) is 21.5 Å². The topological polar surface area (TPSA) is 17.1 Å². The molecule has 0 fully saturated rings. The third-order valence-corrected chi connectivity index (χ3v) is 4.48. The maximum absolute atomic E-state index is 12.1. The van der Waals surface area contributed by atoms with E-state index in [1.807, 2.05) is 16.8 Å². The van der Waals surface area contributed by atoms with E-state index in [0.717, 1.165) is 11.1 Å². The van der Waals surface area contributed by atoms with Crippen LogP contribution in [0.5, 0.6) is 0 Å². The summed E-state index contributed by atoms with van der Waals surface area (Å²) in [6, 6.07) is 8.45. The first-order chi connectivity index (χ1) is 8.74. The number of thiophene rings is 1. The molecule has 3 heteroatoms. The number of hydrogen-bond donors (Lipinski definition) is 0. The number of hydrogen-bond acceptors (Lipinski definition) is 2. The summed E-state index contributed by atoms with van der Waals surface area (Å²) < 4.78 is 0. The lowest BCUT2D eigenvalue weighted by molar-refractivity contribution is 0.0993. The predicted molar refractivity (Wildman–Crippen MR) is 78.6 cm³/mol. The summed E-state index contributed by atoms with van der Waals surface area (Å²) in [7, 11) is 0. The number of Topliss-reactive ketones (excluding diaryl/α,β-unsaturated/α-hetero) is 1. The van der Waals surface area contributed by atoms with Crippen LogP contribution < -0.4 is 5.46 Å². The Morgan fingerprint density at radius 1 is 1.39 bits per heavy atom. The van der Waals surface area contributed by atoms with Crippen LogP contribution in [-0.2, 0) is 12.8 Å². The lowest BCUT2D eigenvalue weighted by Crippen LogP contribution is -2.23. The molecule has 18 heavy (non-hydrogen) atoms. The molecule has 1 nitrogen and oxygen atoms in total. The highest BCUT2D eigenvalue weighted by Crippen LogP contribution is 2.17. The molecule has 0 saturated heterocycles. The van der Waals surface area contributed by atoms with Crippen LogP contribution in [0.15, 0.2) is 35.0 Å². The van der Waals surface area contributed by atoms with Gasteiger partial charge in [-0.15, -0.1) is 0 Å². The Kier molecular flexibility index (Phi) is 3.08. The van der Waals surface area contributed by atoms with Crippen molar-refractivity contribution in [2.75, 3.05) is 0 Å². The third kappa shape index (κ3) is 2.15. The summed E-state index contributed by atoms with van der Waals surface area (Å²) in [6.07, 6.45) is 2.96. The quantitative estimate of drug-likeness (QED) is 0.607. The number of aryl methyl sites for hydroxylation is 1. The number of rotatable bonds is 3. The summed E-state index contributed by atoms with van der Waals surface area (Å²) in [5, 5.41) is 3.89. The van der Waals surface area contributed by atoms with Crippen LogP contribution >= 0.6 is 11.3 Å². The Morgan fingerprint density at radius 3 is 3.06 bits per heavy atom. The van der Waals surface area contributed by atoms with Crippen molar-refractivity contribution in [2.45, 2.75) is 26.0 Å². The average molecular weight is 254 g/mol. The Balaban J connectivity index is 1.82. The van der Waals surface area contributed by atoms with Gasteiger partial charge in [0.15, 0.2) is 12.5 Å². The number of fused-ring (bicyclic) bond motifs is 1. The molecule has 0 unspecified atom stereocenters. The van der Waals surface area contributed by atoms with Crippen LogP contribution in [0, 0.1) is 0 Å². The summed E-state index contributed by atoms with van der Waals surface area (Å²) in [5.74, 6) is 0.224. The summed E-state index contributed by atoms with van der Waals surface area (Å²) in [4.78, 5) is 12.1. The largest absolute Gasteiger partial charge is 0.294 e. The molecular weight excluding hydrogens is 239 g/mol. The van der Waals surface area contributed by atoms with Crippen LogP contribution in [0.2, 0.25) is 13.1 Å². The van der Waals surface area contributed by atoms with Crippen LogP contribution in [0.25, 0.3) is 0 Å². The van der Waals surface area contributed by atoms with E-state index in [1.165, 1.54) is 23.8 Å². The average Bonchev–Trinajstić information content (AvgIpc) is 3.00. The van der Waals surface area contributed by atoms with Crippen LogP contribution in [0.4, 0.5) is 0 Å². The van der Waals surface area contributed by atoms with Gasteiger partial charge in [-0.3, -0.25) is 4.79 Å². The molecule has 1 aliphatic rings. The van der Waals surface area contributed by atoms with E-state index in [9.17, 15) is 4.79 Å². The second-order valence-electron chi connectivity index (χ2n) is 5.08. The van der Waals surface area contributed by atoms with Crippen molar-refractivity contribution < 1.29 is 4.79 Å². The molecule has 1 aliphatic heterocycles.